The minimum atomic E-state index is -0.923. The highest BCUT2D eigenvalue weighted by Gasteiger charge is 2.44. The number of carboxylic acids is 1. The maximum Gasteiger partial charge on any atom is 0.304 e. The van der Waals surface area contributed by atoms with Gasteiger partial charge in [0.25, 0.3) is 0 Å². The van der Waals surface area contributed by atoms with E-state index in [0.717, 1.165) is 50.9 Å². The molecule has 35 heavy (non-hydrogen) atoms. The molecule has 7 nitrogen and oxygen atoms in total. The number of thiazole rings is 1. The summed E-state index contributed by atoms with van der Waals surface area (Å²) in [5, 5.41) is 10.5. The van der Waals surface area contributed by atoms with Crippen LogP contribution in [0.5, 0.6) is 5.75 Å². The van der Waals surface area contributed by atoms with Gasteiger partial charge in [0.15, 0.2) is 0 Å². The highest BCUT2D eigenvalue weighted by molar-refractivity contribution is 7.18. The number of carbonyl (C=O) groups excluding carboxylic acids is 1. The topological polar surface area (TPSA) is 83.0 Å². The molecule has 1 aliphatic carbocycles. The number of aliphatic carboxylic acids is 1. The Morgan fingerprint density at radius 1 is 1.20 bits per heavy atom. The molecule has 1 aromatic heterocycles. The quantitative estimate of drug-likeness (QED) is 0.485. The van der Waals surface area contributed by atoms with Crippen LogP contribution in [0.1, 0.15) is 29.0 Å². The SMILES string of the molecule is COc1cc2sc(CCC(=O)C3(CC(=O)O)Cc4ccccc4C3)nc2cc1N1CC(N(C)C)C1. The number of nitrogens with zero attached hydrogens (tertiary/aromatic N) is 3. The Morgan fingerprint density at radius 3 is 2.49 bits per heavy atom. The van der Waals surface area contributed by atoms with Crippen LogP contribution in [-0.2, 0) is 28.9 Å². The summed E-state index contributed by atoms with van der Waals surface area (Å²) in [5.74, 6) is -0.0673. The molecule has 5 rings (SSSR count). The number of aromatic nitrogens is 1. The van der Waals surface area contributed by atoms with E-state index in [1.165, 1.54) is 0 Å². The number of Topliss-reactive ketones (excluding diaryl/α,β-unsaturated/α-hetero) is 1. The lowest BCUT2D eigenvalue weighted by atomic mass is 9.76. The number of ether oxygens (including phenoxy) is 1. The van der Waals surface area contributed by atoms with Crippen LogP contribution in [-0.4, -0.2) is 67.1 Å². The van der Waals surface area contributed by atoms with Crippen molar-refractivity contribution >= 4 is 39.0 Å². The van der Waals surface area contributed by atoms with E-state index < -0.39 is 11.4 Å². The molecule has 0 atom stereocenters. The van der Waals surface area contributed by atoms with E-state index in [9.17, 15) is 14.7 Å². The number of hydrogen-bond acceptors (Lipinski definition) is 7. The third-order valence-electron chi connectivity index (χ3n) is 7.49. The Balaban J connectivity index is 1.32. The first-order chi connectivity index (χ1) is 16.8. The lowest BCUT2D eigenvalue weighted by molar-refractivity contribution is -0.144. The Hall–Kier alpha value is -2.97. The van der Waals surface area contributed by atoms with Crippen molar-refractivity contribution in [2.75, 3.05) is 39.2 Å². The minimum Gasteiger partial charge on any atom is -0.495 e. The van der Waals surface area contributed by atoms with Gasteiger partial charge in [0, 0.05) is 43.5 Å². The minimum absolute atomic E-state index is 0.0175. The van der Waals surface area contributed by atoms with Crippen molar-refractivity contribution in [2.24, 2.45) is 5.41 Å². The Morgan fingerprint density at radius 2 is 1.89 bits per heavy atom. The second-order valence-electron chi connectivity index (χ2n) is 10.0. The summed E-state index contributed by atoms with van der Waals surface area (Å²) in [6.07, 6.45) is 1.67. The first-order valence-electron chi connectivity index (χ1n) is 12.0. The first kappa shape index (κ1) is 23.8. The Kier molecular flexibility index (Phi) is 6.27. The van der Waals surface area contributed by atoms with Gasteiger partial charge < -0.3 is 19.6 Å². The average molecular weight is 494 g/mol. The molecule has 0 unspecified atom stereocenters. The molecule has 1 aliphatic heterocycles. The average Bonchev–Trinajstić information content (AvgIpc) is 3.35. The van der Waals surface area contributed by atoms with E-state index >= 15 is 0 Å². The highest BCUT2D eigenvalue weighted by Crippen LogP contribution is 2.42. The molecular formula is C27H31N3O4S. The van der Waals surface area contributed by atoms with Gasteiger partial charge in [0.1, 0.15) is 11.5 Å². The van der Waals surface area contributed by atoms with Gasteiger partial charge in [0.05, 0.1) is 34.4 Å². The molecule has 0 bridgehead atoms. The van der Waals surface area contributed by atoms with E-state index in [0.29, 0.717) is 31.7 Å². The zero-order valence-electron chi connectivity index (χ0n) is 20.4. The predicted molar refractivity (Wildman–Crippen MR) is 138 cm³/mol. The van der Waals surface area contributed by atoms with Crippen LogP contribution in [0.3, 0.4) is 0 Å². The van der Waals surface area contributed by atoms with Crippen LogP contribution < -0.4 is 9.64 Å². The van der Waals surface area contributed by atoms with Crippen molar-refractivity contribution in [1.29, 1.82) is 0 Å². The standard InChI is InChI=1S/C27H31N3O4S/c1-29(2)19-15-30(16-19)21-10-20-23(11-22(21)34-3)35-25(28-20)9-8-24(31)27(14-26(32)33)12-17-6-4-5-7-18(17)13-27/h4-7,10-11,19H,8-9,12-16H2,1-3H3,(H,32,33). The van der Waals surface area contributed by atoms with Crippen molar-refractivity contribution in [3.63, 3.8) is 0 Å². The lowest BCUT2D eigenvalue weighted by Gasteiger charge is -2.44. The third-order valence-corrected chi connectivity index (χ3v) is 8.57. The monoisotopic (exact) mass is 493 g/mol. The fourth-order valence-corrected chi connectivity index (χ4v) is 6.36. The molecule has 0 radical (unpaired) electrons. The van der Waals surface area contributed by atoms with Gasteiger partial charge in [-0.1, -0.05) is 24.3 Å². The summed E-state index contributed by atoms with van der Waals surface area (Å²) in [7, 11) is 5.89. The van der Waals surface area contributed by atoms with E-state index in [1.54, 1.807) is 18.4 Å². The summed E-state index contributed by atoms with van der Waals surface area (Å²) in [6, 6.07) is 12.6. The number of fused-ring (bicyclic) bond motifs is 2. The zero-order chi connectivity index (χ0) is 24.7. The molecule has 0 amide bonds. The smallest absolute Gasteiger partial charge is 0.304 e. The highest BCUT2D eigenvalue weighted by atomic mass is 32.1. The van der Waals surface area contributed by atoms with Gasteiger partial charge in [0.2, 0.25) is 0 Å². The van der Waals surface area contributed by atoms with Crippen LogP contribution in [0.2, 0.25) is 0 Å². The maximum atomic E-state index is 13.4. The van der Waals surface area contributed by atoms with Gasteiger partial charge in [-0.05, 0) is 44.1 Å². The van der Waals surface area contributed by atoms with Crippen LogP contribution in [0.25, 0.3) is 10.2 Å². The zero-order valence-corrected chi connectivity index (χ0v) is 21.2. The van der Waals surface area contributed by atoms with Gasteiger partial charge in [-0.25, -0.2) is 4.98 Å². The number of rotatable bonds is 9. The summed E-state index contributed by atoms with van der Waals surface area (Å²) in [4.78, 5) is 34.4. The fraction of sp³-hybridized carbons (Fsp3) is 0.444. The normalized spacial score (nSPS) is 17.0. The number of likely N-dealkylation sites (N-methyl/N-ethyl adjacent to an activating group) is 1. The molecule has 2 aromatic carbocycles. The predicted octanol–water partition coefficient (Wildman–Crippen LogP) is 3.82. The Labute approximate surface area is 209 Å². The first-order valence-corrected chi connectivity index (χ1v) is 12.8. The molecule has 3 aromatic rings. The van der Waals surface area contributed by atoms with E-state index in [4.69, 9.17) is 9.72 Å². The summed E-state index contributed by atoms with van der Waals surface area (Å²) in [6.45, 7) is 1.91. The molecule has 8 heteroatoms. The van der Waals surface area contributed by atoms with Crippen molar-refractivity contribution in [2.45, 2.75) is 38.1 Å². The van der Waals surface area contributed by atoms with E-state index in [2.05, 4.69) is 30.0 Å². The molecule has 1 fully saturated rings. The third kappa shape index (κ3) is 4.52. The summed E-state index contributed by atoms with van der Waals surface area (Å²) < 4.78 is 6.71. The van der Waals surface area contributed by atoms with Crippen LogP contribution in [0.15, 0.2) is 36.4 Å². The largest absolute Gasteiger partial charge is 0.495 e. The van der Waals surface area contributed by atoms with Gasteiger partial charge in [-0.2, -0.15) is 0 Å². The van der Waals surface area contributed by atoms with Crippen molar-refractivity contribution < 1.29 is 19.4 Å². The van der Waals surface area contributed by atoms with E-state index in [1.807, 2.05) is 30.3 Å². The molecular weight excluding hydrogens is 462 g/mol. The second kappa shape index (κ2) is 9.24. The molecule has 1 N–H and O–H groups in total. The molecule has 2 heterocycles. The van der Waals surface area contributed by atoms with Crippen molar-refractivity contribution in [3.05, 3.63) is 52.5 Å². The number of hydrogen-bond donors (Lipinski definition) is 1. The van der Waals surface area contributed by atoms with Crippen LogP contribution >= 0.6 is 11.3 Å². The molecule has 1 saturated heterocycles. The fourth-order valence-electron chi connectivity index (χ4n) is 5.38. The van der Waals surface area contributed by atoms with Crippen molar-refractivity contribution in [3.8, 4) is 5.75 Å². The van der Waals surface area contributed by atoms with Gasteiger partial charge in [-0.15, -0.1) is 11.3 Å². The number of anilines is 1. The summed E-state index contributed by atoms with van der Waals surface area (Å²) in [5.41, 5.74) is 3.28. The molecule has 184 valence electrons. The Bertz CT molecular complexity index is 1250. The maximum absolute atomic E-state index is 13.4. The number of benzene rings is 2. The second-order valence-corrected chi connectivity index (χ2v) is 11.1. The van der Waals surface area contributed by atoms with Gasteiger partial charge >= 0.3 is 5.97 Å². The number of aryl methyl sites for hydroxylation is 1. The number of carboxylic acid groups (broad SMARTS) is 1. The summed E-state index contributed by atoms with van der Waals surface area (Å²) >= 11 is 1.58. The van der Waals surface area contributed by atoms with Crippen LogP contribution in [0, 0.1) is 5.41 Å². The van der Waals surface area contributed by atoms with Crippen molar-refractivity contribution in [1.82, 2.24) is 9.88 Å². The molecule has 2 aliphatic rings. The van der Waals surface area contributed by atoms with E-state index in [-0.39, 0.29) is 12.2 Å². The number of ketones is 1. The molecule has 0 spiro atoms. The van der Waals surface area contributed by atoms with Gasteiger partial charge in [-0.3, -0.25) is 9.59 Å². The number of methoxy groups -OCH3 is 1. The lowest BCUT2D eigenvalue weighted by Crippen LogP contribution is -2.57. The molecule has 0 saturated carbocycles. The van der Waals surface area contributed by atoms with Crippen LogP contribution in [0.4, 0.5) is 5.69 Å². The number of carbonyl (C=O) groups is 2.